The molecule has 0 saturated carbocycles. The zero-order valence-corrected chi connectivity index (χ0v) is 12.7. The molecule has 0 fully saturated rings. The first kappa shape index (κ1) is 15.3. The highest BCUT2D eigenvalue weighted by molar-refractivity contribution is 4.84. The summed E-state index contributed by atoms with van der Waals surface area (Å²) < 4.78 is 2.41. The molecule has 0 saturated heterocycles. The number of rotatable bonds is 9. The number of hydrogen-bond donors (Lipinski definition) is 1. The summed E-state index contributed by atoms with van der Waals surface area (Å²) in [5, 5.41) is 0. The molecular formula is C16H31N2+. The highest BCUT2D eigenvalue weighted by Crippen LogP contribution is 2.15. The van der Waals surface area contributed by atoms with Gasteiger partial charge in [0.25, 0.3) is 5.82 Å². The fourth-order valence-corrected chi connectivity index (χ4v) is 2.57. The topological polar surface area (TPSA) is 19.7 Å². The van der Waals surface area contributed by atoms with Gasteiger partial charge in [0.1, 0.15) is 12.4 Å². The van der Waals surface area contributed by atoms with Crippen molar-refractivity contribution in [2.75, 3.05) is 0 Å². The molecule has 0 aliphatic heterocycles. The molecule has 1 unspecified atom stereocenters. The summed E-state index contributed by atoms with van der Waals surface area (Å²) in [5.74, 6) is 1.93. The third-order valence-corrected chi connectivity index (χ3v) is 3.74. The van der Waals surface area contributed by atoms with Gasteiger partial charge in [-0.15, -0.1) is 0 Å². The minimum atomic E-state index is 0.576. The van der Waals surface area contributed by atoms with Crippen LogP contribution in [0.25, 0.3) is 0 Å². The van der Waals surface area contributed by atoms with E-state index >= 15 is 0 Å². The van der Waals surface area contributed by atoms with Crippen LogP contribution in [0.5, 0.6) is 0 Å². The van der Waals surface area contributed by atoms with E-state index in [1.54, 1.807) is 0 Å². The van der Waals surface area contributed by atoms with E-state index in [9.17, 15) is 0 Å². The summed E-state index contributed by atoms with van der Waals surface area (Å²) in [6.45, 7) is 9.11. The normalized spacial score (nSPS) is 13.2. The molecule has 1 N–H and O–H groups in total. The Morgan fingerprint density at radius 2 is 1.72 bits per heavy atom. The van der Waals surface area contributed by atoms with Gasteiger partial charge < -0.3 is 0 Å². The summed E-state index contributed by atoms with van der Waals surface area (Å²) in [6.07, 6.45) is 13.9. The van der Waals surface area contributed by atoms with Gasteiger partial charge in [-0.25, -0.2) is 9.55 Å². The molecule has 0 amide bonds. The Bertz CT molecular complexity index is 315. The lowest BCUT2D eigenvalue weighted by atomic mass is 10.1. The van der Waals surface area contributed by atoms with E-state index in [1.165, 1.54) is 50.8 Å². The van der Waals surface area contributed by atoms with Crippen LogP contribution < -0.4 is 4.57 Å². The van der Waals surface area contributed by atoms with Crippen LogP contribution in [-0.4, -0.2) is 4.98 Å². The molecule has 18 heavy (non-hydrogen) atoms. The van der Waals surface area contributed by atoms with Gasteiger partial charge in [-0.3, -0.25) is 0 Å². The molecule has 0 bridgehead atoms. The molecule has 2 nitrogen and oxygen atoms in total. The lowest BCUT2D eigenvalue weighted by Crippen LogP contribution is -2.40. The first-order valence-electron chi connectivity index (χ1n) is 7.75. The second-order valence-corrected chi connectivity index (χ2v) is 5.81. The number of nitrogens with one attached hydrogen (secondary N) is 1. The quantitative estimate of drug-likeness (QED) is 0.483. The fraction of sp³-hybridized carbons (Fsp3) is 0.812. The standard InChI is InChI=1S/C16H30N2/c1-5-6-7-8-9-10-11-15(4)18-13-12-17-16(18)14(2)3/h12-15H,5-11H2,1-4H3/p+1. The second-order valence-electron chi connectivity index (χ2n) is 5.81. The van der Waals surface area contributed by atoms with E-state index in [-0.39, 0.29) is 0 Å². The monoisotopic (exact) mass is 251 g/mol. The Morgan fingerprint density at radius 3 is 2.39 bits per heavy atom. The number of aromatic amines is 1. The average molecular weight is 251 g/mol. The third-order valence-electron chi connectivity index (χ3n) is 3.74. The second kappa shape index (κ2) is 8.34. The lowest BCUT2D eigenvalue weighted by molar-refractivity contribution is -0.727. The van der Waals surface area contributed by atoms with Crippen molar-refractivity contribution in [3.63, 3.8) is 0 Å². The van der Waals surface area contributed by atoms with Crippen molar-refractivity contribution in [3.05, 3.63) is 18.2 Å². The Hall–Kier alpha value is -0.790. The Labute approximate surface area is 113 Å². The minimum absolute atomic E-state index is 0.576. The van der Waals surface area contributed by atoms with Crippen LogP contribution in [0.3, 0.4) is 0 Å². The molecule has 0 aliphatic rings. The predicted octanol–water partition coefficient (Wildman–Crippen LogP) is 4.74. The first-order valence-corrected chi connectivity index (χ1v) is 7.75. The highest BCUT2D eigenvalue weighted by Gasteiger charge is 2.19. The Morgan fingerprint density at radius 1 is 1.06 bits per heavy atom. The molecule has 0 spiro atoms. The third kappa shape index (κ3) is 4.83. The van der Waals surface area contributed by atoms with Crippen molar-refractivity contribution in [2.45, 2.75) is 84.6 Å². The van der Waals surface area contributed by atoms with Crippen molar-refractivity contribution in [3.8, 4) is 0 Å². The van der Waals surface area contributed by atoms with Crippen LogP contribution in [0, 0.1) is 0 Å². The maximum absolute atomic E-state index is 3.37. The van der Waals surface area contributed by atoms with E-state index in [0.717, 1.165) is 0 Å². The highest BCUT2D eigenvalue weighted by atomic mass is 15.1. The summed E-state index contributed by atoms with van der Waals surface area (Å²) in [7, 11) is 0. The number of hydrogen-bond acceptors (Lipinski definition) is 0. The van der Waals surface area contributed by atoms with Gasteiger partial charge in [-0.2, -0.15) is 0 Å². The molecule has 104 valence electrons. The first-order chi connectivity index (χ1) is 8.66. The smallest absolute Gasteiger partial charge is 0.247 e. The zero-order chi connectivity index (χ0) is 13.4. The van der Waals surface area contributed by atoms with Gasteiger partial charge in [0, 0.05) is 0 Å². The Kier molecular flexibility index (Phi) is 7.07. The average Bonchev–Trinajstić information content (AvgIpc) is 2.82. The van der Waals surface area contributed by atoms with Gasteiger partial charge in [-0.1, -0.05) is 52.9 Å². The van der Waals surface area contributed by atoms with E-state index in [0.29, 0.717) is 12.0 Å². The van der Waals surface area contributed by atoms with Crippen molar-refractivity contribution in [2.24, 2.45) is 0 Å². The largest absolute Gasteiger partial charge is 0.256 e. The number of imidazole rings is 1. The molecule has 1 heterocycles. The Balaban J connectivity index is 2.27. The van der Waals surface area contributed by atoms with E-state index < -0.39 is 0 Å². The van der Waals surface area contributed by atoms with Crippen LogP contribution in [0.2, 0.25) is 0 Å². The minimum Gasteiger partial charge on any atom is -0.247 e. The molecule has 2 heteroatoms. The van der Waals surface area contributed by atoms with Crippen LogP contribution in [-0.2, 0) is 0 Å². The van der Waals surface area contributed by atoms with Gasteiger partial charge in [0.05, 0.1) is 12.0 Å². The molecule has 1 aromatic heterocycles. The van der Waals surface area contributed by atoms with Gasteiger partial charge in [0.15, 0.2) is 0 Å². The summed E-state index contributed by atoms with van der Waals surface area (Å²) in [6, 6.07) is 0.625. The van der Waals surface area contributed by atoms with Crippen molar-refractivity contribution in [1.29, 1.82) is 0 Å². The van der Waals surface area contributed by atoms with E-state index in [1.807, 2.05) is 0 Å². The predicted molar refractivity (Wildman–Crippen MR) is 77.8 cm³/mol. The lowest BCUT2D eigenvalue weighted by Gasteiger charge is -2.11. The number of nitrogens with zero attached hydrogens (tertiary/aromatic N) is 1. The zero-order valence-electron chi connectivity index (χ0n) is 12.7. The molecule has 0 aliphatic carbocycles. The van der Waals surface area contributed by atoms with Crippen molar-refractivity contribution >= 4 is 0 Å². The van der Waals surface area contributed by atoms with Crippen molar-refractivity contribution < 1.29 is 4.57 Å². The number of unbranched alkanes of at least 4 members (excludes halogenated alkanes) is 5. The maximum atomic E-state index is 3.37. The van der Waals surface area contributed by atoms with Gasteiger partial charge in [-0.05, 0) is 19.8 Å². The summed E-state index contributed by atoms with van der Waals surface area (Å²) >= 11 is 0. The SMILES string of the molecule is CCCCCCCCC(C)[n+]1cc[nH]c1C(C)C. The molecule has 1 rings (SSSR count). The van der Waals surface area contributed by atoms with Gasteiger partial charge in [0.2, 0.25) is 0 Å². The van der Waals surface area contributed by atoms with E-state index in [2.05, 4.69) is 49.6 Å². The molecule has 1 atom stereocenters. The number of H-pyrrole nitrogens is 1. The van der Waals surface area contributed by atoms with Crippen molar-refractivity contribution in [1.82, 2.24) is 4.98 Å². The molecule has 0 radical (unpaired) electrons. The molecule has 1 aromatic rings. The summed E-state index contributed by atoms with van der Waals surface area (Å²) in [5.41, 5.74) is 0. The van der Waals surface area contributed by atoms with Crippen LogP contribution in [0.4, 0.5) is 0 Å². The van der Waals surface area contributed by atoms with E-state index in [4.69, 9.17) is 0 Å². The van der Waals surface area contributed by atoms with Crippen LogP contribution in [0.15, 0.2) is 12.4 Å². The van der Waals surface area contributed by atoms with Crippen LogP contribution >= 0.6 is 0 Å². The molecular weight excluding hydrogens is 220 g/mol. The fourth-order valence-electron chi connectivity index (χ4n) is 2.57. The number of aromatic nitrogens is 2. The molecule has 0 aromatic carbocycles. The maximum Gasteiger partial charge on any atom is 0.256 e. The van der Waals surface area contributed by atoms with Gasteiger partial charge >= 0.3 is 0 Å². The van der Waals surface area contributed by atoms with Crippen LogP contribution in [0.1, 0.15) is 90.4 Å². The summed E-state index contributed by atoms with van der Waals surface area (Å²) in [4.78, 5) is 3.37.